The first kappa shape index (κ1) is 20.2. The Morgan fingerprint density at radius 2 is 2.19 bits per heavy atom. The zero-order chi connectivity index (χ0) is 20.0. The molecule has 0 aliphatic rings. The van der Waals surface area contributed by atoms with E-state index < -0.39 is 0 Å². The zero-order valence-electron chi connectivity index (χ0n) is 16.3. The number of aromatic nitrogens is 3. The normalized spacial score (nSPS) is 11.9. The third-order valence-corrected chi connectivity index (χ3v) is 4.13. The summed E-state index contributed by atoms with van der Waals surface area (Å²) >= 11 is 0. The fourth-order valence-electron chi connectivity index (χ4n) is 2.54. The molecule has 0 unspecified atom stereocenters. The topological polar surface area (TPSA) is 84.0 Å². The average molecular weight is 370 g/mol. The van der Waals surface area contributed by atoms with Gasteiger partial charge >= 0.3 is 0 Å². The molecule has 27 heavy (non-hydrogen) atoms. The predicted molar refractivity (Wildman–Crippen MR) is 108 cm³/mol. The smallest absolute Gasteiger partial charge is 0.291 e. The van der Waals surface area contributed by atoms with Gasteiger partial charge in [0, 0.05) is 37.9 Å². The largest absolute Gasteiger partial charge is 0.344 e. The Morgan fingerprint density at radius 1 is 1.44 bits per heavy atom. The number of rotatable bonds is 8. The van der Waals surface area contributed by atoms with E-state index in [4.69, 9.17) is 0 Å². The van der Waals surface area contributed by atoms with E-state index in [0.717, 1.165) is 18.5 Å². The number of fused-ring (bicyclic) bond motifs is 1. The van der Waals surface area contributed by atoms with Gasteiger partial charge in [-0.2, -0.15) is 0 Å². The van der Waals surface area contributed by atoms with Gasteiger partial charge in [-0.25, -0.2) is 4.68 Å². The molecule has 2 aromatic rings. The van der Waals surface area contributed by atoms with E-state index in [1.165, 1.54) is 17.1 Å². The zero-order valence-corrected chi connectivity index (χ0v) is 16.3. The highest BCUT2D eigenvalue weighted by atomic mass is 16.2. The molecule has 0 aliphatic carbocycles. The molecule has 0 aliphatic heterocycles. The average Bonchev–Trinajstić information content (AvgIpc) is 3.08. The molecular weight excluding hydrogens is 344 g/mol. The number of anilines is 1. The predicted octanol–water partition coefficient (Wildman–Crippen LogP) is 1.75. The number of allylic oxidation sites excluding steroid dienone is 2. The quantitative estimate of drug-likeness (QED) is 0.718. The molecule has 0 atom stereocenters. The highest BCUT2D eigenvalue weighted by molar-refractivity contribution is 5.80. The molecule has 2 aromatic heterocycles. The molecule has 0 saturated heterocycles. The molecule has 144 valence electrons. The van der Waals surface area contributed by atoms with Crippen LogP contribution in [0.1, 0.15) is 26.3 Å². The number of hydrogen-bond acceptors (Lipinski definition) is 5. The summed E-state index contributed by atoms with van der Waals surface area (Å²) in [4.78, 5) is 30.9. The summed E-state index contributed by atoms with van der Waals surface area (Å²) in [5.41, 5.74) is 1.87. The maximum atomic E-state index is 12.8. The van der Waals surface area contributed by atoms with Gasteiger partial charge in [-0.05, 0) is 38.0 Å². The van der Waals surface area contributed by atoms with E-state index in [-0.39, 0.29) is 18.0 Å². The van der Waals surface area contributed by atoms with Crippen LogP contribution in [-0.4, -0.2) is 39.9 Å². The molecule has 8 nitrogen and oxygen atoms in total. The van der Waals surface area contributed by atoms with Crippen molar-refractivity contribution >= 4 is 23.6 Å². The van der Waals surface area contributed by atoms with Crippen LogP contribution in [0, 0.1) is 0 Å². The Hall–Kier alpha value is -3.16. The van der Waals surface area contributed by atoms with Crippen molar-refractivity contribution in [2.45, 2.75) is 33.7 Å². The lowest BCUT2D eigenvalue weighted by Crippen LogP contribution is -2.35. The summed E-state index contributed by atoms with van der Waals surface area (Å²) in [6.07, 6.45) is 7.31. The Morgan fingerprint density at radius 3 is 2.81 bits per heavy atom. The van der Waals surface area contributed by atoms with Crippen molar-refractivity contribution in [2.24, 2.45) is 4.99 Å². The third kappa shape index (κ3) is 4.72. The van der Waals surface area contributed by atoms with Crippen LogP contribution in [0.3, 0.4) is 0 Å². The number of aliphatic imine (C=N–C) groups is 1. The molecule has 0 aromatic carbocycles. The lowest BCUT2D eigenvalue weighted by atomic mass is 10.3. The van der Waals surface area contributed by atoms with Crippen molar-refractivity contribution in [3.8, 4) is 0 Å². The van der Waals surface area contributed by atoms with Crippen LogP contribution >= 0.6 is 0 Å². The molecule has 0 spiro atoms. The van der Waals surface area contributed by atoms with Crippen molar-refractivity contribution in [1.82, 2.24) is 19.5 Å². The van der Waals surface area contributed by atoms with E-state index in [1.807, 2.05) is 38.1 Å². The number of carbonyl (C=O) groups excluding carboxylic acids is 1. The Bertz CT molecular complexity index is 951. The van der Waals surface area contributed by atoms with Crippen LogP contribution in [0.4, 0.5) is 5.95 Å². The minimum Gasteiger partial charge on any atom is -0.344 e. The van der Waals surface area contributed by atoms with Gasteiger partial charge < -0.3 is 10.2 Å². The molecule has 1 N–H and O–H groups in total. The second kappa shape index (κ2) is 8.98. The molecule has 2 heterocycles. The molecule has 0 fully saturated rings. The third-order valence-electron chi connectivity index (χ3n) is 4.13. The molecule has 0 radical (unpaired) electrons. The van der Waals surface area contributed by atoms with Crippen LogP contribution in [-0.2, 0) is 17.8 Å². The van der Waals surface area contributed by atoms with Crippen LogP contribution < -0.4 is 15.8 Å². The van der Waals surface area contributed by atoms with E-state index in [2.05, 4.69) is 22.0 Å². The van der Waals surface area contributed by atoms with E-state index in [1.54, 1.807) is 17.4 Å². The number of aryl methyl sites for hydroxylation is 1. The van der Waals surface area contributed by atoms with Crippen molar-refractivity contribution in [3.63, 3.8) is 0 Å². The Labute approximate surface area is 158 Å². The molecule has 0 saturated carbocycles. The van der Waals surface area contributed by atoms with Gasteiger partial charge in [0.2, 0.25) is 11.9 Å². The lowest BCUT2D eigenvalue weighted by molar-refractivity contribution is -0.121. The summed E-state index contributed by atoms with van der Waals surface area (Å²) in [6.45, 7) is 9.80. The fourth-order valence-corrected chi connectivity index (χ4v) is 2.54. The van der Waals surface area contributed by atoms with Gasteiger partial charge in [-0.3, -0.25) is 19.0 Å². The molecule has 0 bridgehead atoms. The van der Waals surface area contributed by atoms with Crippen LogP contribution in [0.15, 0.2) is 46.6 Å². The fraction of sp³-hybridized carbons (Fsp3) is 0.368. The van der Waals surface area contributed by atoms with E-state index in [9.17, 15) is 9.59 Å². The second-order valence-electron chi connectivity index (χ2n) is 6.11. The van der Waals surface area contributed by atoms with Gasteiger partial charge in [-0.1, -0.05) is 13.5 Å². The summed E-state index contributed by atoms with van der Waals surface area (Å²) < 4.78 is 2.99. The van der Waals surface area contributed by atoms with Crippen LogP contribution in [0.5, 0.6) is 0 Å². The van der Waals surface area contributed by atoms with Gasteiger partial charge in [-0.15, -0.1) is 5.10 Å². The molecular formula is C19H26N6O2. The van der Waals surface area contributed by atoms with Gasteiger partial charge in [0.05, 0.1) is 0 Å². The van der Waals surface area contributed by atoms with Gasteiger partial charge in [0.15, 0.2) is 0 Å². The molecule has 1 amide bonds. The highest BCUT2D eigenvalue weighted by Gasteiger charge is 2.16. The maximum Gasteiger partial charge on any atom is 0.291 e. The first-order valence-electron chi connectivity index (χ1n) is 8.85. The summed E-state index contributed by atoms with van der Waals surface area (Å²) in [5.74, 6) is 0.284. The maximum absolute atomic E-state index is 12.8. The first-order valence-corrected chi connectivity index (χ1v) is 8.85. The van der Waals surface area contributed by atoms with Crippen molar-refractivity contribution in [1.29, 1.82) is 0 Å². The number of nitrogens with one attached hydrogen (secondary N) is 1. The van der Waals surface area contributed by atoms with Gasteiger partial charge in [0.25, 0.3) is 5.56 Å². The molecule has 8 heteroatoms. The minimum atomic E-state index is -0.331. The van der Waals surface area contributed by atoms with Crippen molar-refractivity contribution in [3.05, 3.63) is 52.7 Å². The number of amides is 1. The summed E-state index contributed by atoms with van der Waals surface area (Å²) in [6, 6.07) is 1.85. The second-order valence-corrected chi connectivity index (χ2v) is 6.11. The van der Waals surface area contributed by atoms with Gasteiger partial charge in [0.1, 0.15) is 12.1 Å². The number of carbonyl (C=O) groups is 1. The summed E-state index contributed by atoms with van der Waals surface area (Å²) in [7, 11) is 1.90. The number of hydrogen-bond donors (Lipinski definition) is 1. The van der Waals surface area contributed by atoms with Crippen LogP contribution in [0.2, 0.25) is 0 Å². The monoisotopic (exact) mass is 370 g/mol. The standard InChI is InChI=1S/C19H26N6O2/c1-6-15-11-16-18(27)25(22-19(23(5)8-3)24(16)12-15)13-17(26)21-14(4)9-10-20-7-2/h7,9-12H,2,6,8,13H2,1,3-5H3,(H,21,26)/b14-9+,20-10?. The van der Waals surface area contributed by atoms with E-state index >= 15 is 0 Å². The lowest BCUT2D eigenvalue weighted by Gasteiger charge is -2.18. The van der Waals surface area contributed by atoms with Crippen molar-refractivity contribution < 1.29 is 4.79 Å². The first-order chi connectivity index (χ1) is 12.9. The van der Waals surface area contributed by atoms with Crippen molar-refractivity contribution in [2.75, 3.05) is 18.5 Å². The van der Waals surface area contributed by atoms with E-state index in [0.29, 0.717) is 17.2 Å². The highest BCUT2D eigenvalue weighted by Crippen LogP contribution is 2.14. The Balaban J connectivity index is 2.37. The molecule has 2 rings (SSSR count). The summed E-state index contributed by atoms with van der Waals surface area (Å²) in [5, 5.41) is 7.13. The minimum absolute atomic E-state index is 0.170. The Kier molecular flexibility index (Phi) is 6.70. The SMILES string of the molecule is C=CN=C/C=C(\C)NC(=O)Cn1nc(N(C)CC)n2cc(CC)cc2c1=O. The number of nitrogens with zero attached hydrogens (tertiary/aromatic N) is 5. The van der Waals surface area contributed by atoms with Crippen LogP contribution in [0.25, 0.3) is 5.52 Å².